The van der Waals surface area contributed by atoms with Gasteiger partial charge in [-0.1, -0.05) is 36.2 Å². The molecule has 30 heavy (non-hydrogen) atoms. The molecule has 2 heterocycles. The fourth-order valence-corrected chi connectivity index (χ4v) is 5.82. The number of nitrogens with zero attached hydrogens (tertiary/aromatic N) is 4. The first kappa shape index (κ1) is 19.6. The van der Waals surface area contributed by atoms with E-state index in [9.17, 15) is 9.59 Å². The highest BCUT2D eigenvalue weighted by molar-refractivity contribution is 6.33. The predicted molar refractivity (Wildman–Crippen MR) is 117 cm³/mol. The molecule has 7 heteroatoms. The summed E-state index contributed by atoms with van der Waals surface area (Å²) in [5.41, 5.74) is 1.01. The molecule has 2 bridgehead atoms. The summed E-state index contributed by atoms with van der Waals surface area (Å²) in [4.78, 5) is 29.6. The topological polar surface area (TPSA) is 58.4 Å². The molecule has 3 fully saturated rings. The van der Waals surface area contributed by atoms with E-state index < -0.39 is 0 Å². The molecule has 0 N–H and O–H groups in total. The van der Waals surface area contributed by atoms with Gasteiger partial charge in [-0.3, -0.25) is 9.59 Å². The van der Waals surface area contributed by atoms with Crippen molar-refractivity contribution in [2.24, 2.45) is 17.8 Å². The van der Waals surface area contributed by atoms with Gasteiger partial charge < -0.3 is 9.80 Å². The van der Waals surface area contributed by atoms with Gasteiger partial charge >= 0.3 is 0 Å². The summed E-state index contributed by atoms with van der Waals surface area (Å²) in [6, 6.07) is 9.26. The maximum absolute atomic E-state index is 12.8. The average Bonchev–Trinajstić information content (AvgIpc) is 3.40. The van der Waals surface area contributed by atoms with E-state index in [0.717, 1.165) is 11.8 Å². The van der Waals surface area contributed by atoms with Crippen LogP contribution in [0, 0.1) is 17.8 Å². The second kappa shape index (κ2) is 8.06. The lowest BCUT2D eigenvalue weighted by Crippen LogP contribution is -2.49. The Morgan fingerprint density at radius 3 is 2.50 bits per heavy atom. The highest BCUT2D eigenvalue weighted by Crippen LogP contribution is 2.49. The van der Waals surface area contributed by atoms with Crippen molar-refractivity contribution in [1.29, 1.82) is 0 Å². The summed E-state index contributed by atoms with van der Waals surface area (Å²) >= 11 is 6.43. The van der Waals surface area contributed by atoms with Gasteiger partial charge in [0.05, 0.1) is 17.6 Å². The molecule has 1 amide bonds. The van der Waals surface area contributed by atoms with Crippen LogP contribution in [-0.2, 0) is 4.79 Å². The monoisotopic (exact) mass is 426 g/mol. The van der Waals surface area contributed by atoms with Crippen LogP contribution < -0.4 is 10.5 Å². The van der Waals surface area contributed by atoms with Crippen molar-refractivity contribution in [3.63, 3.8) is 0 Å². The number of anilines is 1. The highest BCUT2D eigenvalue weighted by Gasteiger charge is 2.40. The third-order valence-corrected chi connectivity index (χ3v) is 7.55. The standard InChI is InChI=1S/C23H27ClN4O2/c24-22-20(15-25-28(23(22)30)19-4-2-1-3-5-19)26-8-10-27(11-9-26)21(29)14-18-13-16-6-7-17(18)12-16/h1-5,15-18H,6-14H2/t16-,17-,18-/m1/s1. The van der Waals surface area contributed by atoms with E-state index in [1.165, 1.54) is 30.4 Å². The quantitative estimate of drug-likeness (QED) is 0.752. The smallest absolute Gasteiger partial charge is 0.292 e. The normalized spacial score (nSPS) is 25.7. The fraction of sp³-hybridized carbons (Fsp3) is 0.522. The summed E-state index contributed by atoms with van der Waals surface area (Å²) in [7, 11) is 0. The Hall–Kier alpha value is -2.34. The van der Waals surface area contributed by atoms with Gasteiger partial charge in [0.15, 0.2) is 0 Å². The Morgan fingerprint density at radius 2 is 1.83 bits per heavy atom. The van der Waals surface area contributed by atoms with Gasteiger partial charge in [-0.15, -0.1) is 0 Å². The van der Waals surface area contributed by atoms with Gasteiger partial charge in [0.2, 0.25) is 5.91 Å². The van der Waals surface area contributed by atoms with Crippen LogP contribution in [0.25, 0.3) is 5.69 Å². The minimum absolute atomic E-state index is 0.176. The van der Waals surface area contributed by atoms with Gasteiger partial charge in [-0.2, -0.15) is 9.78 Å². The zero-order valence-corrected chi connectivity index (χ0v) is 17.8. The van der Waals surface area contributed by atoms with Crippen molar-refractivity contribution >= 4 is 23.2 Å². The minimum atomic E-state index is -0.324. The first-order chi connectivity index (χ1) is 14.6. The van der Waals surface area contributed by atoms with Crippen LogP contribution in [0.3, 0.4) is 0 Å². The van der Waals surface area contributed by atoms with Gasteiger partial charge in [0.25, 0.3) is 5.56 Å². The molecule has 0 unspecified atom stereocenters. The van der Waals surface area contributed by atoms with Crippen LogP contribution in [-0.4, -0.2) is 46.8 Å². The largest absolute Gasteiger partial charge is 0.365 e. The number of piperazine rings is 1. The van der Waals surface area contributed by atoms with Crippen molar-refractivity contribution < 1.29 is 4.79 Å². The van der Waals surface area contributed by atoms with Crippen LogP contribution in [0.15, 0.2) is 41.3 Å². The Balaban J connectivity index is 1.23. The number of aromatic nitrogens is 2. The Morgan fingerprint density at radius 1 is 1.07 bits per heavy atom. The third-order valence-electron chi connectivity index (χ3n) is 7.20. The summed E-state index contributed by atoms with van der Waals surface area (Å²) in [6.07, 6.45) is 7.63. The van der Waals surface area contributed by atoms with E-state index in [1.807, 2.05) is 35.2 Å². The second-order valence-electron chi connectivity index (χ2n) is 8.90. The summed E-state index contributed by atoms with van der Waals surface area (Å²) in [6.45, 7) is 2.66. The molecule has 2 aliphatic carbocycles. The van der Waals surface area contributed by atoms with Gasteiger partial charge in [-0.05, 0) is 49.1 Å². The Kier molecular flexibility index (Phi) is 5.27. The lowest BCUT2D eigenvalue weighted by molar-refractivity contribution is -0.132. The second-order valence-corrected chi connectivity index (χ2v) is 9.28. The van der Waals surface area contributed by atoms with E-state index in [4.69, 9.17) is 11.6 Å². The molecule has 158 valence electrons. The number of para-hydroxylation sites is 1. The van der Waals surface area contributed by atoms with Crippen molar-refractivity contribution in [3.05, 3.63) is 51.9 Å². The van der Waals surface area contributed by atoms with Gasteiger partial charge in [0, 0.05) is 32.6 Å². The van der Waals surface area contributed by atoms with Gasteiger partial charge in [-0.25, -0.2) is 0 Å². The van der Waals surface area contributed by atoms with Crippen molar-refractivity contribution in [1.82, 2.24) is 14.7 Å². The van der Waals surface area contributed by atoms with Crippen LogP contribution in [0.5, 0.6) is 0 Å². The zero-order valence-electron chi connectivity index (χ0n) is 17.0. The summed E-state index contributed by atoms with van der Waals surface area (Å²) < 4.78 is 1.32. The van der Waals surface area contributed by atoms with E-state index >= 15 is 0 Å². The lowest BCUT2D eigenvalue weighted by atomic mass is 9.86. The molecule has 3 atom stereocenters. The van der Waals surface area contributed by atoms with Crippen molar-refractivity contribution in [2.75, 3.05) is 31.1 Å². The molecule has 5 rings (SSSR count). The molecule has 6 nitrogen and oxygen atoms in total. The lowest BCUT2D eigenvalue weighted by Gasteiger charge is -2.37. The maximum atomic E-state index is 12.8. The number of rotatable bonds is 4. The van der Waals surface area contributed by atoms with Crippen LogP contribution >= 0.6 is 11.6 Å². The van der Waals surface area contributed by atoms with Crippen LogP contribution in [0.4, 0.5) is 5.69 Å². The molecule has 0 spiro atoms. The number of benzene rings is 1. The summed E-state index contributed by atoms with van der Waals surface area (Å²) in [5.74, 6) is 2.54. The van der Waals surface area contributed by atoms with E-state index in [0.29, 0.717) is 49.9 Å². The molecule has 1 aliphatic heterocycles. The average molecular weight is 427 g/mol. The molecule has 1 saturated heterocycles. The summed E-state index contributed by atoms with van der Waals surface area (Å²) in [5, 5.41) is 4.50. The first-order valence-electron chi connectivity index (χ1n) is 11.0. The molecular weight excluding hydrogens is 400 g/mol. The number of hydrogen-bond acceptors (Lipinski definition) is 4. The number of amides is 1. The fourth-order valence-electron chi connectivity index (χ4n) is 5.57. The van der Waals surface area contributed by atoms with E-state index in [2.05, 4.69) is 10.00 Å². The molecule has 2 saturated carbocycles. The van der Waals surface area contributed by atoms with E-state index in [-0.39, 0.29) is 16.5 Å². The number of carbonyl (C=O) groups is 1. The molecular formula is C23H27ClN4O2. The molecule has 2 aromatic rings. The molecule has 3 aliphatic rings. The van der Waals surface area contributed by atoms with Crippen LogP contribution in [0.1, 0.15) is 32.1 Å². The molecule has 1 aromatic heterocycles. The molecule has 1 aromatic carbocycles. The number of hydrogen-bond donors (Lipinski definition) is 0. The maximum Gasteiger partial charge on any atom is 0.292 e. The minimum Gasteiger partial charge on any atom is -0.365 e. The Labute approximate surface area is 181 Å². The highest BCUT2D eigenvalue weighted by atomic mass is 35.5. The van der Waals surface area contributed by atoms with E-state index in [1.54, 1.807) is 6.20 Å². The SMILES string of the molecule is O=C(C[C@H]1C[C@@H]2CC[C@@H]1C2)N1CCN(c2cnn(-c3ccccc3)c(=O)c2Cl)CC1. The van der Waals surface area contributed by atoms with Crippen molar-refractivity contribution in [2.45, 2.75) is 32.1 Å². The van der Waals surface area contributed by atoms with Crippen molar-refractivity contribution in [3.8, 4) is 5.69 Å². The predicted octanol–water partition coefficient (Wildman–Crippen LogP) is 3.36. The third kappa shape index (κ3) is 3.62. The first-order valence-corrected chi connectivity index (χ1v) is 11.3. The van der Waals surface area contributed by atoms with Gasteiger partial charge in [0.1, 0.15) is 5.02 Å². The number of fused-ring (bicyclic) bond motifs is 2. The van der Waals surface area contributed by atoms with Crippen LogP contribution in [0.2, 0.25) is 5.02 Å². The molecule has 0 radical (unpaired) electrons. The number of carbonyl (C=O) groups excluding carboxylic acids is 1. The Bertz CT molecular complexity index is 984. The zero-order chi connectivity index (χ0) is 20.7. The number of halogens is 1.